The average Bonchev–Trinajstić information content (AvgIpc) is 3.05. The fourth-order valence-corrected chi connectivity index (χ4v) is 2.40. The summed E-state index contributed by atoms with van der Waals surface area (Å²) in [7, 11) is 0. The summed E-state index contributed by atoms with van der Waals surface area (Å²) >= 11 is 0. The quantitative estimate of drug-likeness (QED) is 0.851. The molecule has 1 aliphatic rings. The molecule has 1 saturated carbocycles. The van der Waals surface area contributed by atoms with E-state index in [1.807, 2.05) is 0 Å². The third-order valence-corrected chi connectivity index (χ3v) is 3.36. The molecule has 2 amide bonds. The summed E-state index contributed by atoms with van der Waals surface area (Å²) in [5, 5.41) is 11.6. The number of nitrogens with one attached hydrogen (secondary N) is 1. The van der Waals surface area contributed by atoms with Crippen LogP contribution in [0.2, 0.25) is 0 Å². The van der Waals surface area contributed by atoms with Crippen molar-refractivity contribution in [3.05, 3.63) is 24.2 Å². The normalized spacial score (nSPS) is 15.4. The summed E-state index contributed by atoms with van der Waals surface area (Å²) in [5.41, 5.74) is 0.857. The SMILES string of the molecule is O=C(O)CN(C(=O)NCc1ccoc1)C1CCCC1. The van der Waals surface area contributed by atoms with Gasteiger partial charge in [-0.15, -0.1) is 0 Å². The van der Waals surface area contributed by atoms with Crippen LogP contribution in [-0.2, 0) is 11.3 Å². The van der Waals surface area contributed by atoms with Crippen molar-refractivity contribution in [3.8, 4) is 0 Å². The molecule has 0 saturated heterocycles. The van der Waals surface area contributed by atoms with Gasteiger partial charge in [-0.1, -0.05) is 12.8 Å². The lowest BCUT2D eigenvalue weighted by atomic mass is 10.2. The highest BCUT2D eigenvalue weighted by Crippen LogP contribution is 2.23. The van der Waals surface area contributed by atoms with Gasteiger partial charge in [0.1, 0.15) is 6.54 Å². The largest absolute Gasteiger partial charge is 0.480 e. The number of hydrogen-bond acceptors (Lipinski definition) is 3. The summed E-state index contributed by atoms with van der Waals surface area (Å²) in [4.78, 5) is 24.4. The van der Waals surface area contributed by atoms with Gasteiger partial charge in [0.05, 0.1) is 12.5 Å². The fourth-order valence-electron chi connectivity index (χ4n) is 2.40. The third-order valence-electron chi connectivity index (χ3n) is 3.36. The molecule has 2 N–H and O–H groups in total. The van der Waals surface area contributed by atoms with Crippen molar-refractivity contribution in [2.45, 2.75) is 38.3 Å². The summed E-state index contributed by atoms with van der Waals surface area (Å²) in [6.07, 6.45) is 6.95. The maximum atomic E-state index is 12.1. The maximum Gasteiger partial charge on any atom is 0.323 e. The number of carbonyl (C=O) groups excluding carboxylic acids is 1. The van der Waals surface area contributed by atoms with Gasteiger partial charge in [-0.25, -0.2) is 4.79 Å². The Morgan fingerprint density at radius 3 is 2.74 bits per heavy atom. The van der Waals surface area contributed by atoms with Gasteiger partial charge in [-0.2, -0.15) is 0 Å². The van der Waals surface area contributed by atoms with Gasteiger partial charge in [-0.05, 0) is 18.9 Å². The highest BCUT2D eigenvalue weighted by atomic mass is 16.4. The number of carbonyl (C=O) groups is 2. The van der Waals surface area contributed by atoms with Crippen LogP contribution in [0, 0.1) is 0 Å². The summed E-state index contributed by atoms with van der Waals surface area (Å²) < 4.78 is 4.91. The number of urea groups is 1. The van der Waals surface area contributed by atoms with E-state index in [0.717, 1.165) is 31.2 Å². The molecule has 1 aromatic rings. The van der Waals surface area contributed by atoms with Crippen molar-refractivity contribution >= 4 is 12.0 Å². The van der Waals surface area contributed by atoms with E-state index < -0.39 is 5.97 Å². The Hall–Kier alpha value is -1.98. The maximum absolute atomic E-state index is 12.1. The molecule has 0 aromatic carbocycles. The van der Waals surface area contributed by atoms with Crippen LogP contribution in [0.1, 0.15) is 31.2 Å². The van der Waals surface area contributed by atoms with Gasteiger partial charge < -0.3 is 19.7 Å². The van der Waals surface area contributed by atoms with Crippen LogP contribution < -0.4 is 5.32 Å². The minimum Gasteiger partial charge on any atom is -0.480 e. The minimum atomic E-state index is -0.981. The van der Waals surface area contributed by atoms with Crippen LogP contribution in [0.25, 0.3) is 0 Å². The molecule has 1 heterocycles. The molecular formula is C13H18N2O4. The molecule has 6 nitrogen and oxygen atoms in total. The van der Waals surface area contributed by atoms with Crippen LogP contribution >= 0.6 is 0 Å². The van der Waals surface area contributed by atoms with Gasteiger partial charge in [0, 0.05) is 18.2 Å². The molecule has 0 unspecified atom stereocenters. The topological polar surface area (TPSA) is 82.8 Å². The van der Waals surface area contributed by atoms with E-state index in [0.29, 0.717) is 6.54 Å². The van der Waals surface area contributed by atoms with E-state index in [4.69, 9.17) is 9.52 Å². The van der Waals surface area contributed by atoms with Crippen LogP contribution in [-0.4, -0.2) is 34.6 Å². The van der Waals surface area contributed by atoms with E-state index in [9.17, 15) is 9.59 Å². The van der Waals surface area contributed by atoms with Gasteiger partial charge in [0.15, 0.2) is 0 Å². The first-order valence-electron chi connectivity index (χ1n) is 6.44. The third kappa shape index (κ3) is 3.74. The molecule has 0 radical (unpaired) electrons. The number of carboxylic acids is 1. The molecule has 104 valence electrons. The number of furan rings is 1. The molecule has 1 aromatic heterocycles. The predicted molar refractivity (Wildman–Crippen MR) is 67.5 cm³/mol. The van der Waals surface area contributed by atoms with Crippen LogP contribution in [0.4, 0.5) is 4.79 Å². The van der Waals surface area contributed by atoms with Crippen LogP contribution in [0.5, 0.6) is 0 Å². The first-order valence-corrected chi connectivity index (χ1v) is 6.44. The number of carboxylic acid groups (broad SMARTS) is 1. The number of rotatable bonds is 5. The number of hydrogen-bond donors (Lipinski definition) is 2. The van der Waals surface area contributed by atoms with Crippen molar-refractivity contribution in [1.29, 1.82) is 0 Å². The summed E-state index contributed by atoms with van der Waals surface area (Å²) in [6.45, 7) is 0.0973. The van der Waals surface area contributed by atoms with Gasteiger partial charge >= 0.3 is 12.0 Å². The van der Waals surface area contributed by atoms with Gasteiger partial charge in [0.25, 0.3) is 0 Å². The number of amides is 2. The number of aliphatic carboxylic acids is 1. The van der Waals surface area contributed by atoms with Gasteiger partial charge in [0.2, 0.25) is 0 Å². The van der Waals surface area contributed by atoms with E-state index in [1.54, 1.807) is 12.3 Å². The van der Waals surface area contributed by atoms with Crippen LogP contribution in [0.3, 0.4) is 0 Å². The molecule has 1 aliphatic carbocycles. The molecule has 2 rings (SSSR count). The lowest BCUT2D eigenvalue weighted by Crippen LogP contribution is -2.47. The van der Waals surface area contributed by atoms with E-state index in [1.165, 1.54) is 11.2 Å². The van der Waals surface area contributed by atoms with E-state index in [-0.39, 0.29) is 18.6 Å². The monoisotopic (exact) mass is 266 g/mol. The summed E-state index contributed by atoms with van der Waals surface area (Å²) in [6, 6.07) is 1.48. The van der Waals surface area contributed by atoms with Gasteiger partial charge in [-0.3, -0.25) is 4.79 Å². The molecule has 1 fully saturated rings. The van der Waals surface area contributed by atoms with Crippen molar-refractivity contribution in [1.82, 2.24) is 10.2 Å². The lowest BCUT2D eigenvalue weighted by Gasteiger charge is -2.27. The molecule has 19 heavy (non-hydrogen) atoms. The number of nitrogens with zero attached hydrogens (tertiary/aromatic N) is 1. The van der Waals surface area contributed by atoms with Crippen LogP contribution in [0.15, 0.2) is 23.0 Å². The predicted octanol–water partition coefficient (Wildman–Crippen LogP) is 1.82. The first-order chi connectivity index (χ1) is 9.16. The smallest absolute Gasteiger partial charge is 0.323 e. The lowest BCUT2D eigenvalue weighted by molar-refractivity contribution is -0.138. The Labute approximate surface area is 111 Å². The van der Waals surface area contributed by atoms with Crippen molar-refractivity contribution < 1.29 is 19.1 Å². The molecule has 0 atom stereocenters. The molecule has 6 heteroatoms. The second kappa shape index (κ2) is 6.26. The van der Waals surface area contributed by atoms with Crippen molar-refractivity contribution in [2.75, 3.05) is 6.54 Å². The Morgan fingerprint density at radius 2 is 2.16 bits per heavy atom. The Morgan fingerprint density at radius 1 is 1.42 bits per heavy atom. The standard InChI is InChI=1S/C13H18N2O4/c16-12(17)8-15(11-3-1-2-4-11)13(18)14-7-10-5-6-19-9-10/h5-6,9,11H,1-4,7-8H2,(H,14,18)(H,16,17). The molecule has 0 spiro atoms. The van der Waals surface area contributed by atoms with Crippen molar-refractivity contribution in [2.24, 2.45) is 0 Å². The second-order valence-electron chi connectivity index (χ2n) is 4.75. The zero-order chi connectivity index (χ0) is 13.7. The second-order valence-corrected chi connectivity index (χ2v) is 4.75. The molecule has 0 aliphatic heterocycles. The fraction of sp³-hybridized carbons (Fsp3) is 0.538. The van der Waals surface area contributed by atoms with Crippen molar-refractivity contribution in [3.63, 3.8) is 0 Å². The highest BCUT2D eigenvalue weighted by molar-refractivity contribution is 5.80. The molecular weight excluding hydrogens is 248 g/mol. The summed E-state index contributed by atoms with van der Waals surface area (Å²) in [5.74, 6) is -0.981. The van der Waals surface area contributed by atoms with E-state index >= 15 is 0 Å². The molecule has 0 bridgehead atoms. The highest BCUT2D eigenvalue weighted by Gasteiger charge is 2.28. The zero-order valence-electron chi connectivity index (χ0n) is 10.7. The van der Waals surface area contributed by atoms with E-state index in [2.05, 4.69) is 5.32 Å². The minimum absolute atomic E-state index is 0.0421. The Kier molecular flexibility index (Phi) is 4.43. The zero-order valence-corrected chi connectivity index (χ0v) is 10.7. The average molecular weight is 266 g/mol. The first kappa shape index (κ1) is 13.5. The Bertz CT molecular complexity index is 424. The Balaban J connectivity index is 1.92.